The van der Waals surface area contributed by atoms with Crippen molar-refractivity contribution in [1.29, 1.82) is 0 Å². The van der Waals surface area contributed by atoms with Gasteiger partial charge in [-0.1, -0.05) is 6.07 Å². The monoisotopic (exact) mass is 234 g/mol. The molecular weight excluding hydrogens is 228 g/mol. The summed E-state index contributed by atoms with van der Waals surface area (Å²) in [6, 6.07) is 5.96. The summed E-state index contributed by atoms with van der Waals surface area (Å²) in [6.07, 6.45) is 1.37. The van der Waals surface area contributed by atoms with Crippen LogP contribution in [0.15, 0.2) is 39.8 Å². The van der Waals surface area contributed by atoms with Crippen LogP contribution >= 0.6 is 12.4 Å². The molecule has 0 fully saturated rings. The van der Waals surface area contributed by atoms with E-state index in [1.54, 1.807) is 6.07 Å². The second-order valence-corrected chi connectivity index (χ2v) is 3.95. The van der Waals surface area contributed by atoms with E-state index < -0.39 is 10.1 Å². The fraction of sp³-hybridized carbons (Fsp3) is 0. The van der Waals surface area contributed by atoms with Crippen molar-refractivity contribution in [1.82, 2.24) is 0 Å². The van der Waals surface area contributed by atoms with Gasteiger partial charge in [0, 0.05) is 5.39 Å². The standard InChI is InChI=1S/C8H6O4S.ClH/c9-13(10,11)8-3-1-2-7-6(8)4-5-12-7;/h1-5H,(H,9,10,11);1H. The van der Waals surface area contributed by atoms with Crippen molar-refractivity contribution in [2.24, 2.45) is 0 Å². The highest BCUT2D eigenvalue weighted by Crippen LogP contribution is 2.23. The molecule has 14 heavy (non-hydrogen) atoms. The Hall–Kier alpha value is -1.04. The molecule has 2 aromatic rings. The van der Waals surface area contributed by atoms with E-state index in [-0.39, 0.29) is 17.3 Å². The average molecular weight is 235 g/mol. The Kier molecular flexibility index (Phi) is 2.84. The molecule has 0 spiro atoms. The second-order valence-electron chi connectivity index (χ2n) is 2.56. The number of rotatable bonds is 1. The quantitative estimate of drug-likeness (QED) is 0.768. The Morgan fingerprint density at radius 1 is 1.21 bits per heavy atom. The van der Waals surface area contributed by atoms with Gasteiger partial charge >= 0.3 is 0 Å². The topological polar surface area (TPSA) is 67.5 Å². The average Bonchev–Trinajstić information content (AvgIpc) is 2.48. The van der Waals surface area contributed by atoms with E-state index in [2.05, 4.69) is 0 Å². The van der Waals surface area contributed by atoms with Crippen molar-refractivity contribution in [3.8, 4) is 0 Å². The molecule has 0 unspecified atom stereocenters. The van der Waals surface area contributed by atoms with E-state index in [0.717, 1.165) is 0 Å². The third kappa shape index (κ3) is 1.75. The molecular formula is C8H7ClO4S. The predicted molar refractivity (Wildman–Crippen MR) is 53.3 cm³/mol. The predicted octanol–water partition coefficient (Wildman–Crippen LogP) is 2.10. The molecule has 4 nitrogen and oxygen atoms in total. The van der Waals surface area contributed by atoms with E-state index in [9.17, 15) is 8.42 Å². The number of benzene rings is 1. The molecule has 0 aliphatic heterocycles. The fourth-order valence-electron chi connectivity index (χ4n) is 1.19. The van der Waals surface area contributed by atoms with Crippen LogP contribution in [0.25, 0.3) is 11.0 Å². The van der Waals surface area contributed by atoms with Crippen LogP contribution < -0.4 is 0 Å². The summed E-state index contributed by atoms with van der Waals surface area (Å²) in [4.78, 5) is -0.126. The Morgan fingerprint density at radius 2 is 1.93 bits per heavy atom. The van der Waals surface area contributed by atoms with Gasteiger partial charge in [0.15, 0.2) is 0 Å². The first-order valence-corrected chi connectivity index (χ1v) is 4.97. The van der Waals surface area contributed by atoms with Gasteiger partial charge in [-0.2, -0.15) is 8.42 Å². The van der Waals surface area contributed by atoms with Crippen molar-refractivity contribution in [2.45, 2.75) is 4.90 Å². The van der Waals surface area contributed by atoms with Crippen LogP contribution in [0.2, 0.25) is 0 Å². The Bertz CT molecular complexity index is 543. The summed E-state index contributed by atoms with van der Waals surface area (Å²) in [5.74, 6) is 0. The third-order valence-electron chi connectivity index (χ3n) is 1.73. The van der Waals surface area contributed by atoms with Gasteiger partial charge in [-0.15, -0.1) is 12.4 Å². The first kappa shape index (κ1) is 11.0. The van der Waals surface area contributed by atoms with Gasteiger partial charge in [0.25, 0.3) is 10.1 Å². The molecule has 0 aliphatic carbocycles. The Morgan fingerprint density at radius 3 is 2.57 bits per heavy atom. The molecule has 6 heteroatoms. The molecule has 1 aromatic carbocycles. The number of fused-ring (bicyclic) bond motifs is 1. The highest BCUT2D eigenvalue weighted by atomic mass is 35.5. The lowest BCUT2D eigenvalue weighted by Crippen LogP contribution is -1.97. The van der Waals surface area contributed by atoms with Gasteiger partial charge in [0.05, 0.1) is 6.26 Å². The van der Waals surface area contributed by atoms with Gasteiger partial charge in [0.2, 0.25) is 0 Å². The number of hydrogen-bond donors (Lipinski definition) is 1. The SMILES string of the molecule is Cl.O=S(=O)(O)c1cccc2occc12. The largest absolute Gasteiger partial charge is 0.464 e. The molecule has 0 amide bonds. The van der Waals surface area contributed by atoms with Gasteiger partial charge < -0.3 is 4.42 Å². The fourth-order valence-corrected chi connectivity index (χ4v) is 1.89. The lowest BCUT2D eigenvalue weighted by molar-refractivity contribution is 0.484. The van der Waals surface area contributed by atoms with Gasteiger partial charge in [0.1, 0.15) is 10.5 Å². The summed E-state index contributed by atoms with van der Waals surface area (Å²) in [7, 11) is -4.16. The van der Waals surface area contributed by atoms with Crippen LogP contribution in [0.1, 0.15) is 0 Å². The van der Waals surface area contributed by atoms with Crippen LogP contribution in [-0.2, 0) is 10.1 Å². The summed E-state index contributed by atoms with van der Waals surface area (Å²) < 4.78 is 35.5. The summed E-state index contributed by atoms with van der Waals surface area (Å²) >= 11 is 0. The molecule has 1 aromatic heterocycles. The minimum absolute atomic E-state index is 0. The van der Waals surface area contributed by atoms with E-state index >= 15 is 0 Å². The van der Waals surface area contributed by atoms with Gasteiger partial charge in [-0.05, 0) is 18.2 Å². The zero-order valence-corrected chi connectivity index (χ0v) is 8.51. The normalized spacial score (nSPS) is 11.2. The minimum atomic E-state index is -4.16. The molecule has 1 N–H and O–H groups in total. The summed E-state index contributed by atoms with van der Waals surface area (Å²) in [5, 5.41) is 0.394. The maximum Gasteiger partial charge on any atom is 0.295 e. The van der Waals surface area contributed by atoms with E-state index in [4.69, 9.17) is 8.97 Å². The molecule has 0 radical (unpaired) electrons. The van der Waals surface area contributed by atoms with Gasteiger partial charge in [-0.25, -0.2) is 0 Å². The van der Waals surface area contributed by atoms with Crippen LogP contribution in [-0.4, -0.2) is 13.0 Å². The third-order valence-corrected chi connectivity index (χ3v) is 2.65. The van der Waals surface area contributed by atoms with Crippen LogP contribution in [0.4, 0.5) is 0 Å². The van der Waals surface area contributed by atoms with Crippen LogP contribution in [0.5, 0.6) is 0 Å². The molecule has 0 aliphatic rings. The molecule has 2 rings (SSSR count). The van der Waals surface area contributed by atoms with Crippen LogP contribution in [0, 0.1) is 0 Å². The molecule has 0 atom stereocenters. The Balaban J connectivity index is 0.000000980. The highest BCUT2D eigenvalue weighted by molar-refractivity contribution is 7.86. The lowest BCUT2D eigenvalue weighted by atomic mass is 10.3. The van der Waals surface area contributed by atoms with Crippen LogP contribution in [0.3, 0.4) is 0 Å². The molecule has 0 bridgehead atoms. The van der Waals surface area contributed by atoms with E-state index in [1.165, 1.54) is 24.5 Å². The molecule has 0 saturated carbocycles. The smallest absolute Gasteiger partial charge is 0.295 e. The number of halogens is 1. The van der Waals surface area contributed by atoms with E-state index in [0.29, 0.717) is 11.0 Å². The first-order chi connectivity index (χ1) is 6.09. The lowest BCUT2D eigenvalue weighted by Gasteiger charge is -1.96. The molecule has 76 valence electrons. The zero-order chi connectivity index (χ0) is 9.47. The zero-order valence-electron chi connectivity index (χ0n) is 6.88. The maximum absolute atomic E-state index is 10.9. The minimum Gasteiger partial charge on any atom is -0.464 e. The molecule has 1 heterocycles. The summed E-state index contributed by atoms with van der Waals surface area (Å²) in [5.41, 5.74) is 0.440. The van der Waals surface area contributed by atoms with Crippen molar-refractivity contribution in [2.75, 3.05) is 0 Å². The van der Waals surface area contributed by atoms with Gasteiger partial charge in [-0.3, -0.25) is 4.55 Å². The van der Waals surface area contributed by atoms with E-state index in [1.807, 2.05) is 0 Å². The summed E-state index contributed by atoms with van der Waals surface area (Å²) in [6.45, 7) is 0. The second kappa shape index (κ2) is 3.61. The first-order valence-electron chi connectivity index (χ1n) is 3.53. The number of furan rings is 1. The molecule has 0 saturated heterocycles. The highest BCUT2D eigenvalue weighted by Gasteiger charge is 2.14. The maximum atomic E-state index is 10.9. The van der Waals surface area contributed by atoms with Crippen molar-refractivity contribution >= 4 is 33.5 Å². The van der Waals surface area contributed by atoms with Crippen molar-refractivity contribution in [3.63, 3.8) is 0 Å². The van der Waals surface area contributed by atoms with Crippen molar-refractivity contribution in [3.05, 3.63) is 30.5 Å². The van der Waals surface area contributed by atoms with Crippen molar-refractivity contribution < 1.29 is 17.4 Å². The Labute approximate surface area is 86.7 Å². The number of hydrogen-bond acceptors (Lipinski definition) is 3.